The summed E-state index contributed by atoms with van der Waals surface area (Å²) in [7, 11) is 1.71. The van der Waals surface area contributed by atoms with E-state index in [0.29, 0.717) is 6.04 Å². The molecular weight excluding hydrogens is 248 g/mol. The first-order chi connectivity index (χ1) is 9.69. The Kier molecular flexibility index (Phi) is 3.51. The molecule has 1 aromatic carbocycles. The van der Waals surface area contributed by atoms with Crippen LogP contribution in [0, 0.1) is 6.92 Å². The zero-order chi connectivity index (χ0) is 14.1. The molecule has 1 unspecified atom stereocenters. The number of rotatable bonds is 2. The average Bonchev–Trinajstić information content (AvgIpc) is 2.46. The molecule has 3 rings (SSSR count). The van der Waals surface area contributed by atoms with E-state index in [2.05, 4.69) is 41.9 Å². The minimum Gasteiger partial charge on any atom is -0.497 e. The first kappa shape index (κ1) is 13.2. The fourth-order valence-electron chi connectivity index (χ4n) is 3.14. The molecule has 1 aliphatic rings. The average molecular weight is 270 g/mol. The summed E-state index contributed by atoms with van der Waals surface area (Å²) in [4.78, 5) is 7.18. The van der Waals surface area contributed by atoms with E-state index >= 15 is 0 Å². The molecule has 0 N–H and O–H groups in total. The van der Waals surface area contributed by atoms with Gasteiger partial charge in [0.15, 0.2) is 0 Å². The molecule has 0 amide bonds. The maximum Gasteiger partial charge on any atom is 0.119 e. The summed E-state index contributed by atoms with van der Waals surface area (Å²) in [5.41, 5.74) is 3.44. The Morgan fingerprint density at radius 3 is 2.85 bits per heavy atom. The van der Waals surface area contributed by atoms with Crippen molar-refractivity contribution in [1.29, 1.82) is 0 Å². The summed E-state index contributed by atoms with van der Waals surface area (Å²) in [5, 5.41) is 1.20. The van der Waals surface area contributed by atoms with Crippen molar-refractivity contribution in [2.75, 3.05) is 18.6 Å². The molecule has 0 aliphatic carbocycles. The second-order valence-electron chi connectivity index (χ2n) is 5.70. The van der Waals surface area contributed by atoms with Crippen molar-refractivity contribution in [2.24, 2.45) is 0 Å². The van der Waals surface area contributed by atoms with E-state index in [1.165, 1.54) is 30.3 Å². The van der Waals surface area contributed by atoms with Crippen LogP contribution in [0.3, 0.4) is 0 Å². The van der Waals surface area contributed by atoms with Gasteiger partial charge >= 0.3 is 0 Å². The van der Waals surface area contributed by atoms with Crippen LogP contribution in [0.5, 0.6) is 5.75 Å². The summed E-state index contributed by atoms with van der Waals surface area (Å²) in [6.45, 7) is 5.53. The molecule has 1 atom stereocenters. The molecule has 20 heavy (non-hydrogen) atoms. The number of anilines is 1. The lowest BCUT2D eigenvalue weighted by Gasteiger charge is -2.36. The zero-order valence-electron chi connectivity index (χ0n) is 12.5. The summed E-state index contributed by atoms with van der Waals surface area (Å²) in [5.74, 6) is 0.897. The van der Waals surface area contributed by atoms with Gasteiger partial charge in [-0.25, -0.2) is 0 Å². The third-order valence-corrected chi connectivity index (χ3v) is 4.23. The number of piperidine rings is 1. The number of methoxy groups -OCH3 is 1. The largest absolute Gasteiger partial charge is 0.497 e. The second-order valence-corrected chi connectivity index (χ2v) is 5.70. The van der Waals surface area contributed by atoms with E-state index in [0.717, 1.165) is 23.5 Å². The minimum absolute atomic E-state index is 0.597. The smallest absolute Gasteiger partial charge is 0.119 e. The number of aryl methyl sites for hydroxylation is 1. The number of hydrogen-bond acceptors (Lipinski definition) is 3. The Hall–Kier alpha value is -1.77. The number of benzene rings is 1. The number of ether oxygens (including phenoxy) is 1. The van der Waals surface area contributed by atoms with Gasteiger partial charge in [-0.05, 0) is 57.4 Å². The lowest BCUT2D eigenvalue weighted by molar-refractivity contribution is 0.415. The summed E-state index contributed by atoms with van der Waals surface area (Å²) in [6, 6.07) is 8.96. The molecule has 106 valence electrons. The van der Waals surface area contributed by atoms with Gasteiger partial charge in [0.2, 0.25) is 0 Å². The van der Waals surface area contributed by atoms with Gasteiger partial charge in [-0.3, -0.25) is 4.98 Å². The molecule has 2 heterocycles. The van der Waals surface area contributed by atoms with Crippen molar-refractivity contribution in [3.63, 3.8) is 0 Å². The molecule has 3 heteroatoms. The number of aromatic nitrogens is 1. The lowest BCUT2D eigenvalue weighted by atomic mass is 10.0. The van der Waals surface area contributed by atoms with Gasteiger partial charge in [-0.15, -0.1) is 0 Å². The van der Waals surface area contributed by atoms with E-state index in [4.69, 9.17) is 4.74 Å². The third-order valence-electron chi connectivity index (χ3n) is 4.23. The molecule has 1 saturated heterocycles. The summed E-state index contributed by atoms with van der Waals surface area (Å²) in [6.07, 6.45) is 3.88. The molecule has 1 aliphatic heterocycles. The zero-order valence-corrected chi connectivity index (χ0v) is 12.5. The van der Waals surface area contributed by atoms with E-state index in [9.17, 15) is 0 Å². The Balaban J connectivity index is 2.16. The van der Waals surface area contributed by atoms with Crippen molar-refractivity contribution in [2.45, 2.75) is 39.2 Å². The highest BCUT2D eigenvalue weighted by Crippen LogP contribution is 2.33. The Morgan fingerprint density at radius 2 is 2.10 bits per heavy atom. The SMILES string of the molecule is COc1ccc2nc(C)cc(N3CCCCC3C)c2c1. The topological polar surface area (TPSA) is 25.4 Å². The monoisotopic (exact) mass is 270 g/mol. The predicted octanol–water partition coefficient (Wildman–Crippen LogP) is 3.93. The number of hydrogen-bond donors (Lipinski definition) is 0. The molecule has 0 radical (unpaired) electrons. The van der Waals surface area contributed by atoms with Gasteiger partial charge in [-0.2, -0.15) is 0 Å². The van der Waals surface area contributed by atoms with Crippen LogP contribution in [0.1, 0.15) is 31.9 Å². The molecular formula is C17H22N2O. The van der Waals surface area contributed by atoms with Crippen molar-refractivity contribution in [3.8, 4) is 5.75 Å². The maximum absolute atomic E-state index is 5.38. The van der Waals surface area contributed by atoms with Gasteiger partial charge in [0, 0.05) is 29.4 Å². The van der Waals surface area contributed by atoms with Crippen LogP contribution < -0.4 is 9.64 Å². The van der Waals surface area contributed by atoms with E-state index < -0.39 is 0 Å². The Labute approximate surface area is 120 Å². The Bertz CT molecular complexity index is 624. The number of nitrogens with zero attached hydrogens (tertiary/aromatic N) is 2. The van der Waals surface area contributed by atoms with Crippen molar-refractivity contribution in [1.82, 2.24) is 4.98 Å². The first-order valence-corrected chi connectivity index (χ1v) is 7.41. The van der Waals surface area contributed by atoms with E-state index in [1.54, 1.807) is 7.11 Å². The van der Waals surface area contributed by atoms with Crippen molar-refractivity contribution >= 4 is 16.6 Å². The van der Waals surface area contributed by atoms with Gasteiger partial charge < -0.3 is 9.64 Å². The molecule has 0 saturated carbocycles. The first-order valence-electron chi connectivity index (χ1n) is 7.41. The highest BCUT2D eigenvalue weighted by molar-refractivity contribution is 5.93. The van der Waals surface area contributed by atoms with Gasteiger partial charge in [-0.1, -0.05) is 0 Å². The van der Waals surface area contributed by atoms with Crippen LogP contribution >= 0.6 is 0 Å². The van der Waals surface area contributed by atoms with Gasteiger partial charge in [0.05, 0.1) is 12.6 Å². The quantitative estimate of drug-likeness (QED) is 0.826. The van der Waals surface area contributed by atoms with E-state index in [-0.39, 0.29) is 0 Å². The van der Waals surface area contributed by atoms with Crippen LogP contribution in [0.15, 0.2) is 24.3 Å². The molecule has 1 aromatic heterocycles. The standard InChI is InChI=1S/C17H22N2O/c1-12-10-17(19-9-5-4-6-13(19)2)15-11-14(20-3)7-8-16(15)18-12/h7-8,10-11,13H,4-6,9H2,1-3H3. The number of fused-ring (bicyclic) bond motifs is 1. The molecule has 0 bridgehead atoms. The number of pyridine rings is 1. The van der Waals surface area contributed by atoms with Crippen molar-refractivity contribution in [3.05, 3.63) is 30.0 Å². The normalized spacial score (nSPS) is 19.4. The summed E-state index contributed by atoms with van der Waals surface area (Å²) >= 11 is 0. The highest BCUT2D eigenvalue weighted by atomic mass is 16.5. The van der Waals surface area contributed by atoms with Crippen LogP contribution in [0.2, 0.25) is 0 Å². The Morgan fingerprint density at radius 1 is 1.25 bits per heavy atom. The van der Waals surface area contributed by atoms with Gasteiger partial charge in [0.1, 0.15) is 5.75 Å². The van der Waals surface area contributed by atoms with Gasteiger partial charge in [0.25, 0.3) is 0 Å². The van der Waals surface area contributed by atoms with E-state index in [1.807, 2.05) is 6.07 Å². The second kappa shape index (κ2) is 5.31. The van der Waals surface area contributed by atoms with Crippen LogP contribution in [0.4, 0.5) is 5.69 Å². The molecule has 3 nitrogen and oxygen atoms in total. The maximum atomic E-state index is 5.38. The van der Waals surface area contributed by atoms with Crippen LogP contribution in [-0.2, 0) is 0 Å². The third kappa shape index (κ3) is 2.33. The fraction of sp³-hybridized carbons (Fsp3) is 0.471. The molecule has 0 spiro atoms. The summed E-state index contributed by atoms with van der Waals surface area (Å²) < 4.78 is 5.38. The van der Waals surface area contributed by atoms with Crippen LogP contribution in [0.25, 0.3) is 10.9 Å². The van der Waals surface area contributed by atoms with Crippen molar-refractivity contribution < 1.29 is 4.74 Å². The molecule has 2 aromatic rings. The minimum atomic E-state index is 0.597. The predicted molar refractivity (Wildman–Crippen MR) is 83.7 cm³/mol. The molecule has 1 fully saturated rings. The highest BCUT2D eigenvalue weighted by Gasteiger charge is 2.21. The fourth-order valence-corrected chi connectivity index (χ4v) is 3.14. The van der Waals surface area contributed by atoms with Crippen LogP contribution in [-0.4, -0.2) is 24.7 Å². The lowest BCUT2D eigenvalue weighted by Crippen LogP contribution is -2.37.